The first kappa shape index (κ1) is 10.8. The van der Waals surface area contributed by atoms with Crippen molar-refractivity contribution < 1.29 is 0 Å². The minimum Gasteiger partial charge on any atom is -0.312 e. The molecule has 0 atom stereocenters. The largest absolute Gasteiger partial charge is 0.312 e. The van der Waals surface area contributed by atoms with E-state index < -0.39 is 0 Å². The van der Waals surface area contributed by atoms with Gasteiger partial charge in [-0.3, -0.25) is 0 Å². The minimum absolute atomic E-state index is 0.853. The average Bonchev–Trinajstić information content (AvgIpc) is 2.16. The van der Waals surface area contributed by atoms with Crippen LogP contribution in [0.25, 0.3) is 0 Å². The SMILES string of the molecule is C1CCC(CCCNC2CSC2)CC1. The third-order valence-corrected chi connectivity index (χ3v) is 4.86. The van der Waals surface area contributed by atoms with Gasteiger partial charge in [0.05, 0.1) is 0 Å². The van der Waals surface area contributed by atoms with Gasteiger partial charge in [0.25, 0.3) is 0 Å². The first-order chi connectivity index (χ1) is 6.95. The Labute approximate surface area is 92.4 Å². The molecule has 1 aliphatic heterocycles. The molecule has 0 spiro atoms. The van der Waals surface area contributed by atoms with Crippen molar-refractivity contribution in [2.75, 3.05) is 18.1 Å². The van der Waals surface area contributed by atoms with Gasteiger partial charge in [0, 0.05) is 17.5 Å². The van der Waals surface area contributed by atoms with Gasteiger partial charge >= 0.3 is 0 Å². The van der Waals surface area contributed by atoms with Crippen molar-refractivity contribution in [2.45, 2.75) is 51.0 Å². The van der Waals surface area contributed by atoms with Gasteiger partial charge in [-0.15, -0.1) is 0 Å². The van der Waals surface area contributed by atoms with Gasteiger partial charge in [0.15, 0.2) is 0 Å². The van der Waals surface area contributed by atoms with Crippen LogP contribution in [0.4, 0.5) is 0 Å². The van der Waals surface area contributed by atoms with Crippen LogP contribution in [0.3, 0.4) is 0 Å². The first-order valence-corrected chi connectivity index (χ1v) is 7.42. The van der Waals surface area contributed by atoms with Gasteiger partial charge in [0.1, 0.15) is 0 Å². The Bertz CT molecular complexity index is 150. The Morgan fingerprint density at radius 2 is 1.86 bits per heavy atom. The van der Waals surface area contributed by atoms with Crippen LogP contribution in [0.2, 0.25) is 0 Å². The number of thioether (sulfide) groups is 1. The molecule has 0 radical (unpaired) electrons. The van der Waals surface area contributed by atoms with E-state index in [1.165, 1.54) is 63.0 Å². The molecule has 2 aliphatic rings. The first-order valence-electron chi connectivity index (χ1n) is 6.26. The van der Waals surface area contributed by atoms with Gasteiger partial charge in [0.2, 0.25) is 0 Å². The van der Waals surface area contributed by atoms with Crippen molar-refractivity contribution in [3.05, 3.63) is 0 Å². The fraction of sp³-hybridized carbons (Fsp3) is 1.00. The summed E-state index contributed by atoms with van der Waals surface area (Å²) in [4.78, 5) is 0. The predicted molar refractivity (Wildman–Crippen MR) is 64.9 cm³/mol. The normalized spacial score (nSPS) is 24.9. The van der Waals surface area contributed by atoms with Crippen LogP contribution >= 0.6 is 11.8 Å². The Morgan fingerprint density at radius 3 is 2.50 bits per heavy atom. The van der Waals surface area contributed by atoms with Crippen LogP contribution in [0.15, 0.2) is 0 Å². The summed E-state index contributed by atoms with van der Waals surface area (Å²) in [6.07, 6.45) is 10.4. The molecule has 0 bridgehead atoms. The van der Waals surface area contributed by atoms with E-state index in [0.29, 0.717) is 0 Å². The molecule has 2 rings (SSSR count). The van der Waals surface area contributed by atoms with Crippen LogP contribution in [-0.2, 0) is 0 Å². The minimum atomic E-state index is 0.853. The van der Waals surface area contributed by atoms with Crippen LogP contribution in [0, 0.1) is 5.92 Å². The second-order valence-corrected chi connectivity index (χ2v) is 5.91. The van der Waals surface area contributed by atoms with Gasteiger partial charge in [-0.05, 0) is 25.3 Å². The highest BCUT2D eigenvalue weighted by molar-refractivity contribution is 8.00. The summed E-state index contributed by atoms with van der Waals surface area (Å²) in [6.45, 7) is 1.27. The summed E-state index contributed by atoms with van der Waals surface area (Å²) in [6, 6.07) is 0.853. The smallest absolute Gasteiger partial charge is 0.0248 e. The molecule has 0 aromatic heterocycles. The fourth-order valence-electron chi connectivity index (χ4n) is 2.53. The number of rotatable bonds is 5. The molecule has 0 aromatic carbocycles. The van der Waals surface area contributed by atoms with Crippen molar-refractivity contribution >= 4 is 11.8 Å². The number of nitrogens with one attached hydrogen (secondary N) is 1. The second-order valence-electron chi connectivity index (χ2n) is 4.83. The summed E-state index contributed by atoms with van der Waals surface area (Å²) >= 11 is 2.07. The third-order valence-electron chi connectivity index (χ3n) is 3.58. The lowest BCUT2D eigenvalue weighted by Crippen LogP contribution is -2.40. The van der Waals surface area contributed by atoms with Crippen LogP contribution in [0.5, 0.6) is 0 Å². The summed E-state index contributed by atoms with van der Waals surface area (Å²) < 4.78 is 0. The van der Waals surface area contributed by atoms with Crippen molar-refractivity contribution in [2.24, 2.45) is 5.92 Å². The monoisotopic (exact) mass is 213 g/mol. The van der Waals surface area contributed by atoms with Gasteiger partial charge in [-0.25, -0.2) is 0 Å². The molecule has 82 valence electrons. The molecule has 0 amide bonds. The topological polar surface area (TPSA) is 12.0 Å². The van der Waals surface area contributed by atoms with Crippen molar-refractivity contribution in [3.8, 4) is 0 Å². The maximum absolute atomic E-state index is 3.64. The van der Waals surface area contributed by atoms with Gasteiger partial charge in [-0.2, -0.15) is 11.8 Å². The van der Waals surface area contributed by atoms with E-state index in [0.717, 1.165) is 12.0 Å². The Morgan fingerprint density at radius 1 is 1.07 bits per heavy atom. The van der Waals surface area contributed by atoms with E-state index >= 15 is 0 Å². The molecule has 1 nitrogen and oxygen atoms in total. The molecule has 0 unspecified atom stereocenters. The van der Waals surface area contributed by atoms with Crippen molar-refractivity contribution in [3.63, 3.8) is 0 Å². The quantitative estimate of drug-likeness (QED) is 0.705. The Hall–Kier alpha value is 0.310. The standard InChI is InChI=1S/C12H23NS/c1-2-5-11(6-3-1)7-4-8-13-12-9-14-10-12/h11-13H,1-10H2. The number of hydrogen-bond donors (Lipinski definition) is 1. The molecule has 0 aromatic rings. The lowest BCUT2D eigenvalue weighted by Gasteiger charge is -2.27. The molecule has 2 heteroatoms. The summed E-state index contributed by atoms with van der Waals surface area (Å²) in [7, 11) is 0. The molecule has 1 saturated carbocycles. The summed E-state index contributed by atoms with van der Waals surface area (Å²) in [5.41, 5.74) is 0. The zero-order valence-corrected chi connectivity index (χ0v) is 9.95. The van der Waals surface area contributed by atoms with Crippen LogP contribution < -0.4 is 5.32 Å². The Balaban J connectivity index is 1.45. The van der Waals surface area contributed by atoms with E-state index in [1.807, 2.05) is 0 Å². The highest BCUT2D eigenvalue weighted by atomic mass is 32.2. The van der Waals surface area contributed by atoms with Crippen molar-refractivity contribution in [1.82, 2.24) is 5.32 Å². The fourth-order valence-corrected chi connectivity index (χ4v) is 3.23. The van der Waals surface area contributed by atoms with E-state index in [9.17, 15) is 0 Å². The maximum Gasteiger partial charge on any atom is 0.0248 e. The van der Waals surface area contributed by atoms with Gasteiger partial charge < -0.3 is 5.32 Å². The van der Waals surface area contributed by atoms with Gasteiger partial charge in [-0.1, -0.05) is 32.1 Å². The lowest BCUT2D eigenvalue weighted by molar-refractivity contribution is 0.329. The number of hydrogen-bond acceptors (Lipinski definition) is 2. The van der Waals surface area contributed by atoms with E-state index in [1.54, 1.807) is 0 Å². The molecule has 14 heavy (non-hydrogen) atoms. The lowest BCUT2D eigenvalue weighted by atomic mass is 9.86. The Kier molecular flexibility index (Phi) is 4.65. The zero-order valence-electron chi connectivity index (χ0n) is 9.13. The highest BCUT2D eigenvalue weighted by Gasteiger charge is 2.17. The molecule has 1 aliphatic carbocycles. The highest BCUT2D eigenvalue weighted by Crippen LogP contribution is 2.27. The molecular weight excluding hydrogens is 190 g/mol. The molecule has 1 saturated heterocycles. The maximum atomic E-state index is 3.64. The predicted octanol–water partition coefficient (Wildman–Crippen LogP) is 3.05. The zero-order chi connectivity index (χ0) is 9.64. The van der Waals surface area contributed by atoms with Crippen molar-refractivity contribution in [1.29, 1.82) is 0 Å². The van der Waals surface area contributed by atoms with E-state index in [-0.39, 0.29) is 0 Å². The second kappa shape index (κ2) is 6.02. The third kappa shape index (κ3) is 3.47. The summed E-state index contributed by atoms with van der Waals surface area (Å²) in [5, 5.41) is 3.64. The van der Waals surface area contributed by atoms with Crippen LogP contribution in [-0.4, -0.2) is 24.1 Å². The molecule has 1 N–H and O–H groups in total. The molecule has 1 heterocycles. The molecule has 2 fully saturated rings. The summed E-state index contributed by atoms with van der Waals surface area (Å²) in [5.74, 6) is 3.77. The average molecular weight is 213 g/mol. The van der Waals surface area contributed by atoms with E-state index in [2.05, 4.69) is 17.1 Å². The molecular formula is C12H23NS. The van der Waals surface area contributed by atoms with Crippen LogP contribution in [0.1, 0.15) is 44.9 Å². The van der Waals surface area contributed by atoms with E-state index in [4.69, 9.17) is 0 Å².